The molecule has 1 saturated heterocycles. The first kappa shape index (κ1) is 17.4. The molecule has 0 saturated carbocycles. The van der Waals surface area contributed by atoms with Crippen molar-refractivity contribution in [3.63, 3.8) is 0 Å². The van der Waals surface area contributed by atoms with Crippen molar-refractivity contribution in [1.29, 1.82) is 0 Å². The van der Waals surface area contributed by atoms with Crippen molar-refractivity contribution in [2.24, 2.45) is 0 Å². The Morgan fingerprint density at radius 3 is 2.55 bits per heavy atom. The summed E-state index contributed by atoms with van der Waals surface area (Å²) in [6.07, 6.45) is 4.24. The molecule has 0 radical (unpaired) electrons. The summed E-state index contributed by atoms with van der Waals surface area (Å²) in [5.41, 5.74) is -0.128. The summed E-state index contributed by atoms with van der Waals surface area (Å²) in [6, 6.07) is 1.22. The highest BCUT2D eigenvalue weighted by molar-refractivity contribution is 5.76. The number of nitrogens with one attached hydrogen (secondary N) is 2. The van der Waals surface area contributed by atoms with E-state index in [4.69, 9.17) is 0 Å². The van der Waals surface area contributed by atoms with E-state index in [9.17, 15) is 4.79 Å². The fraction of sp³-hybridized carbons (Fsp3) is 0.938. The van der Waals surface area contributed by atoms with Crippen LogP contribution in [0.3, 0.4) is 0 Å². The molecule has 4 heteroatoms. The third kappa shape index (κ3) is 7.25. The second-order valence-electron chi connectivity index (χ2n) is 7.26. The van der Waals surface area contributed by atoms with Gasteiger partial charge in [-0.05, 0) is 67.0 Å². The van der Waals surface area contributed by atoms with Crippen molar-refractivity contribution in [1.82, 2.24) is 15.5 Å². The molecule has 1 amide bonds. The summed E-state index contributed by atoms with van der Waals surface area (Å²) in [5.74, 6) is 0.141. The molecule has 1 heterocycles. The fourth-order valence-electron chi connectivity index (χ4n) is 2.71. The molecule has 0 aliphatic carbocycles. The van der Waals surface area contributed by atoms with Crippen LogP contribution in [-0.2, 0) is 4.79 Å². The smallest absolute Gasteiger partial charge is 0.221 e. The molecular weight excluding hydrogens is 250 g/mol. The lowest BCUT2D eigenvalue weighted by molar-refractivity contribution is -0.122. The Morgan fingerprint density at radius 2 is 1.95 bits per heavy atom. The summed E-state index contributed by atoms with van der Waals surface area (Å²) in [6.45, 7) is 13.8. The number of likely N-dealkylation sites (tertiary alicyclic amines) is 1. The lowest BCUT2D eigenvalue weighted by Crippen LogP contribution is -2.42. The fourth-order valence-corrected chi connectivity index (χ4v) is 2.71. The highest BCUT2D eigenvalue weighted by atomic mass is 16.1. The summed E-state index contributed by atoms with van der Waals surface area (Å²) >= 11 is 0. The van der Waals surface area contributed by atoms with Crippen LogP contribution in [0.5, 0.6) is 0 Å². The Kier molecular flexibility index (Phi) is 6.96. The molecule has 20 heavy (non-hydrogen) atoms. The van der Waals surface area contributed by atoms with Crippen LogP contribution >= 0.6 is 0 Å². The zero-order chi connectivity index (χ0) is 15.2. The van der Waals surface area contributed by atoms with Gasteiger partial charge in [0.25, 0.3) is 0 Å². The van der Waals surface area contributed by atoms with E-state index in [-0.39, 0.29) is 11.4 Å². The maximum Gasteiger partial charge on any atom is 0.221 e. The standard InChI is InChI=1S/C16H33N3O/c1-13(2)19-11-6-7-14(9-12-19)17-10-8-15(20)18-16(3,4)5/h13-14,17H,6-12H2,1-5H3,(H,18,20). The first-order valence-electron chi connectivity index (χ1n) is 8.06. The molecule has 0 spiro atoms. The SMILES string of the molecule is CC(C)N1CCCC(NCCC(=O)NC(C)(C)C)CC1. The van der Waals surface area contributed by atoms with Crippen LogP contribution in [0.2, 0.25) is 0 Å². The van der Waals surface area contributed by atoms with Crippen LogP contribution in [0.15, 0.2) is 0 Å². The molecular formula is C16H33N3O. The lowest BCUT2D eigenvalue weighted by atomic mass is 10.1. The molecule has 1 aliphatic rings. The third-order valence-corrected chi connectivity index (χ3v) is 3.79. The minimum Gasteiger partial charge on any atom is -0.351 e. The number of carbonyl (C=O) groups excluding carboxylic acids is 1. The summed E-state index contributed by atoms with van der Waals surface area (Å²) < 4.78 is 0. The van der Waals surface area contributed by atoms with Crippen LogP contribution in [0.1, 0.15) is 60.3 Å². The number of carbonyl (C=O) groups is 1. The highest BCUT2D eigenvalue weighted by Gasteiger charge is 2.19. The first-order valence-corrected chi connectivity index (χ1v) is 8.06. The van der Waals surface area contributed by atoms with E-state index >= 15 is 0 Å². The van der Waals surface area contributed by atoms with Gasteiger partial charge in [0.05, 0.1) is 0 Å². The molecule has 1 unspecified atom stereocenters. The minimum absolute atomic E-state index is 0.128. The van der Waals surface area contributed by atoms with Gasteiger partial charge >= 0.3 is 0 Å². The topological polar surface area (TPSA) is 44.4 Å². The predicted octanol–water partition coefficient (Wildman–Crippen LogP) is 2.14. The van der Waals surface area contributed by atoms with Crippen molar-refractivity contribution in [2.75, 3.05) is 19.6 Å². The maximum atomic E-state index is 11.8. The van der Waals surface area contributed by atoms with Crippen molar-refractivity contribution >= 4 is 5.91 Å². The van der Waals surface area contributed by atoms with E-state index in [1.165, 1.54) is 32.4 Å². The van der Waals surface area contributed by atoms with Gasteiger partial charge in [-0.25, -0.2) is 0 Å². The van der Waals surface area contributed by atoms with Crippen molar-refractivity contribution < 1.29 is 4.79 Å². The Labute approximate surface area is 124 Å². The molecule has 0 aromatic rings. The molecule has 0 aromatic carbocycles. The molecule has 1 fully saturated rings. The second-order valence-corrected chi connectivity index (χ2v) is 7.26. The predicted molar refractivity (Wildman–Crippen MR) is 84.9 cm³/mol. The first-order chi connectivity index (χ1) is 9.28. The van der Waals surface area contributed by atoms with E-state index < -0.39 is 0 Å². The average molecular weight is 283 g/mol. The van der Waals surface area contributed by atoms with Gasteiger partial charge in [-0.2, -0.15) is 0 Å². The number of amides is 1. The molecule has 4 nitrogen and oxygen atoms in total. The Balaban J connectivity index is 2.21. The molecule has 1 atom stereocenters. The second kappa shape index (κ2) is 7.99. The molecule has 118 valence electrons. The van der Waals surface area contributed by atoms with Crippen LogP contribution < -0.4 is 10.6 Å². The zero-order valence-electron chi connectivity index (χ0n) is 14.0. The van der Waals surface area contributed by atoms with Gasteiger partial charge in [0.1, 0.15) is 0 Å². The molecule has 2 N–H and O–H groups in total. The van der Waals surface area contributed by atoms with E-state index in [0.717, 1.165) is 6.54 Å². The molecule has 1 rings (SSSR count). The molecule has 0 bridgehead atoms. The number of nitrogens with zero attached hydrogens (tertiary/aromatic N) is 1. The van der Waals surface area contributed by atoms with Gasteiger partial charge in [0.2, 0.25) is 5.91 Å². The van der Waals surface area contributed by atoms with Crippen LogP contribution in [-0.4, -0.2) is 48.1 Å². The monoisotopic (exact) mass is 283 g/mol. The number of hydrogen-bond acceptors (Lipinski definition) is 3. The normalized spacial score (nSPS) is 21.8. The Hall–Kier alpha value is -0.610. The maximum absolute atomic E-state index is 11.8. The number of hydrogen-bond donors (Lipinski definition) is 2. The van der Waals surface area contributed by atoms with Crippen LogP contribution in [0.4, 0.5) is 0 Å². The summed E-state index contributed by atoms with van der Waals surface area (Å²) in [7, 11) is 0. The molecule has 1 aliphatic heterocycles. The van der Waals surface area contributed by atoms with Gasteiger partial charge in [0, 0.05) is 30.6 Å². The quantitative estimate of drug-likeness (QED) is 0.812. The highest BCUT2D eigenvalue weighted by Crippen LogP contribution is 2.13. The largest absolute Gasteiger partial charge is 0.351 e. The van der Waals surface area contributed by atoms with Gasteiger partial charge in [-0.3, -0.25) is 4.79 Å². The Bertz CT molecular complexity index is 297. The minimum atomic E-state index is -0.128. The lowest BCUT2D eigenvalue weighted by Gasteiger charge is -2.24. The van der Waals surface area contributed by atoms with E-state index in [1.807, 2.05) is 20.8 Å². The van der Waals surface area contributed by atoms with Crippen LogP contribution in [0.25, 0.3) is 0 Å². The van der Waals surface area contributed by atoms with Gasteiger partial charge < -0.3 is 15.5 Å². The Morgan fingerprint density at radius 1 is 1.25 bits per heavy atom. The molecule has 0 aromatic heterocycles. The van der Waals surface area contributed by atoms with Gasteiger partial charge in [-0.1, -0.05) is 0 Å². The van der Waals surface area contributed by atoms with Gasteiger partial charge in [0.15, 0.2) is 0 Å². The van der Waals surface area contributed by atoms with Crippen molar-refractivity contribution in [3.8, 4) is 0 Å². The zero-order valence-corrected chi connectivity index (χ0v) is 14.0. The number of rotatable bonds is 5. The summed E-state index contributed by atoms with van der Waals surface area (Å²) in [4.78, 5) is 14.3. The van der Waals surface area contributed by atoms with E-state index in [1.54, 1.807) is 0 Å². The van der Waals surface area contributed by atoms with Crippen molar-refractivity contribution in [3.05, 3.63) is 0 Å². The van der Waals surface area contributed by atoms with Crippen LogP contribution in [0, 0.1) is 0 Å². The van der Waals surface area contributed by atoms with Crippen molar-refractivity contribution in [2.45, 2.75) is 77.9 Å². The average Bonchev–Trinajstić information content (AvgIpc) is 2.52. The van der Waals surface area contributed by atoms with E-state index in [2.05, 4.69) is 29.4 Å². The summed E-state index contributed by atoms with van der Waals surface area (Å²) in [5, 5.41) is 6.55. The third-order valence-electron chi connectivity index (χ3n) is 3.79. The van der Waals surface area contributed by atoms with E-state index in [0.29, 0.717) is 18.5 Å². The van der Waals surface area contributed by atoms with Gasteiger partial charge in [-0.15, -0.1) is 0 Å².